The first-order valence-corrected chi connectivity index (χ1v) is 33.8. The number of ether oxygens (including phenoxy) is 1. The molecule has 436 valence electrons. The molecule has 0 saturated carbocycles. The van der Waals surface area contributed by atoms with Crippen molar-refractivity contribution >= 4 is 11.9 Å². The van der Waals surface area contributed by atoms with Crippen molar-refractivity contribution in [2.75, 3.05) is 13.2 Å². The Hall–Kier alpha value is -1.14. The lowest BCUT2D eigenvalue weighted by molar-refractivity contribution is -0.143. The fourth-order valence-corrected chi connectivity index (χ4v) is 11.0. The second kappa shape index (κ2) is 63.4. The van der Waals surface area contributed by atoms with Crippen molar-refractivity contribution in [3.8, 4) is 0 Å². The number of hydrogen-bond acceptors (Lipinski definition) is 5. The number of unbranched alkanes of at least 4 members (excludes halogenated alkanes) is 53. The van der Waals surface area contributed by atoms with Gasteiger partial charge in [0, 0.05) is 12.8 Å². The molecule has 3 N–H and O–H groups in total. The number of hydrogen-bond donors (Lipinski definition) is 3. The van der Waals surface area contributed by atoms with Crippen LogP contribution in [0.1, 0.15) is 393 Å². The summed E-state index contributed by atoms with van der Waals surface area (Å²) in [7, 11) is 0. The normalized spacial score (nSPS) is 12.4. The number of aliphatic hydroxyl groups excluding tert-OH is 2. The van der Waals surface area contributed by atoms with Gasteiger partial charge in [-0.15, -0.1) is 0 Å². The number of aliphatic hydroxyl groups is 2. The Morgan fingerprint density at radius 1 is 0.329 bits per heavy atom. The molecule has 6 nitrogen and oxygen atoms in total. The minimum absolute atomic E-state index is 0.0228. The molecule has 0 radical (unpaired) electrons. The van der Waals surface area contributed by atoms with Gasteiger partial charge in [-0.2, -0.15) is 0 Å². The van der Waals surface area contributed by atoms with Crippen LogP contribution in [-0.2, 0) is 14.3 Å². The van der Waals surface area contributed by atoms with E-state index >= 15 is 0 Å². The van der Waals surface area contributed by atoms with E-state index in [-0.39, 0.29) is 18.5 Å². The van der Waals surface area contributed by atoms with E-state index in [1.165, 1.54) is 321 Å². The number of carbonyl (C=O) groups is 2. The maximum Gasteiger partial charge on any atom is 0.305 e. The van der Waals surface area contributed by atoms with Crippen LogP contribution < -0.4 is 5.32 Å². The van der Waals surface area contributed by atoms with Gasteiger partial charge in [0.25, 0.3) is 0 Å². The maximum absolute atomic E-state index is 12.5. The molecule has 1 amide bonds. The number of esters is 1. The van der Waals surface area contributed by atoms with Gasteiger partial charge in [-0.05, 0) is 25.7 Å². The molecule has 6 heteroatoms. The average molecular weight is 1030 g/mol. The van der Waals surface area contributed by atoms with Gasteiger partial charge in [0.1, 0.15) is 0 Å². The summed E-state index contributed by atoms with van der Waals surface area (Å²) in [5.41, 5.74) is 0. The highest BCUT2D eigenvalue weighted by Gasteiger charge is 2.20. The van der Waals surface area contributed by atoms with Crippen LogP contribution in [-0.4, -0.2) is 47.4 Å². The summed E-state index contributed by atoms with van der Waals surface area (Å²) in [6.45, 7) is 4.98. The van der Waals surface area contributed by atoms with E-state index in [0.29, 0.717) is 25.9 Å². The van der Waals surface area contributed by atoms with Crippen molar-refractivity contribution in [2.24, 2.45) is 0 Å². The van der Waals surface area contributed by atoms with Crippen molar-refractivity contribution in [1.29, 1.82) is 0 Å². The van der Waals surface area contributed by atoms with Gasteiger partial charge < -0.3 is 20.3 Å². The first kappa shape index (κ1) is 71.9. The van der Waals surface area contributed by atoms with E-state index in [9.17, 15) is 19.8 Å². The van der Waals surface area contributed by atoms with E-state index in [0.717, 1.165) is 38.5 Å². The third-order valence-electron chi connectivity index (χ3n) is 16.2. The average Bonchev–Trinajstić information content (AvgIpc) is 3.39. The van der Waals surface area contributed by atoms with Gasteiger partial charge in [-0.1, -0.05) is 354 Å². The molecular weight excluding hydrogens is 899 g/mol. The van der Waals surface area contributed by atoms with E-state index in [4.69, 9.17) is 4.74 Å². The van der Waals surface area contributed by atoms with Gasteiger partial charge in [-0.3, -0.25) is 9.59 Å². The predicted molar refractivity (Wildman–Crippen MR) is 320 cm³/mol. The monoisotopic (exact) mass is 1030 g/mol. The molecule has 0 fully saturated rings. The van der Waals surface area contributed by atoms with Crippen molar-refractivity contribution in [2.45, 2.75) is 405 Å². The van der Waals surface area contributed by atoms with Crippen molar-refractivity contribution < 1.29 is 24.5 Å². The predicted octanol–water partition coefficient (Wildman–Crippen LogP) is 21.4. The Labute approximate surface area is 457 Å². The Balaban J connectivity index is 3.29. The Kier molecular flexibility index (Phi) is 62.4. The minimum atomic E-state index is -0.658. The quantitative estimate of drug-likeness (QED) is 0.0417. The van der Waals surface area contributed by atoms with Crippen LogP contribution in [0.5, 0.6) is 0 Å². The van der Waals surface area contributed by atoms with E-state index in [1.807, 2.05) is 0 Å². The fourth-order valence-electron chi connectivity index (χ4n) is 11.0. The molecule has 0 bridgehead atoms. The van der Waals surface area contributed by atoms with E-state index in [2.05, 4.69) is 19.2 Å². The summed E-state index contributed by atoms with van der Waals surface area (Å²) in [4.78, 5) is 24.5. The van der Waals surface area contributed by atoms with Crippen molar-refractivity contribution in [1.82, 2.24) is 5.32 Å². The van der Waals surface area contributed by atoms with E-state index < -0.39 is 12.1 Å². The molecule has 0 aromatic carbocycles. The summed E-state index contributed by atoms with van der Waals surface area (Å²) < 4.78 is 5.48. The molecule has 0 aromatic rings. The Morgan fingerprint density at radius 2 is 0.562 bits per heavy atom. The number of nitrogens with one attached hydrogen (secondary N) is 1. The van der Waals surface area contributed by atoms with Crippen LogP contribution in [0.4, 0.5) is 0 Å². The second-order valence-corrected chi connectivity index (χ2v) is 23.5. The van der Waals surface area contributed by atoms with Gasteiger partial charge in [0.2, 0.25) is 5.91 Å². The highest BCUT2D eigenvalue weighted by Crippen LogP contribution is 2.19. The van der Waals surface area contributed by atoms with E-state index in [1.54, 1.807) is 0 Å². The lowest BCUT2D eigenvalue weighted by atomic mass is 10.0. The van der Waals surface area contributed by atoms with Gasteiger partial charge >= 0.3 is 5.97 Å². The zero-order chi connectivity index (χ0) is 52.9. The standard InChI is InChI=1S/C67H133NO5/c1-3-5-7-9-11-13-15-39-43-47-51-55-59-65(70)64(63-69)68-66(71)60-56-52-48-44-40-37-35-33-31-29-27-25-23-21-19-17-18-20-22-24-26-28-30-32-34-36-38-42-46-50-54-58-62-73-67(72)61-57-53-49-45-41-16-14-12-10-8-6-4-2/h64-65,69-70H,3-63H2,1-2H3,(H,68,71). The van der Waals surface area contributed by atoms with Crippen LogP contribution in [0, 0.1) is 0 Å². The van der Waals surface area contributed by atoms with Crippen LogP contribution in [0.25, 0.3) is 0 Å². The molecule has 0 aliphatic rings. The molecule has 0 saturated heterocycles. The molecule has 0 aliphatic heterocycles. The molecule has 0 aliphatic carbocycles. The topological polar surface area (TPSA) is 95.9 Å². The molecule has 2 atom stereocenters. The highest BCUT2D eigenvalue weighted by atomic mass is 16.5. The molecule has 0 spiro atoms. The largest absolute Gasteiger partial charge is 0.466 e. The van der Waals surface area contributed by atoms with Gasteiger partial charge in [-0.25, -0.2) is 0 Å². The number of amides is 1. The number of carbonyl (C=O) groups excluding carboxylic acids is 2. The molecule has 0 rings (SSSR count). The second-order valence-electron chi connectivity index (χ2n) is 23.5. The first-order valence-electron chi connectivity index (χ1n) is 33.8. The zero-order valence-electron chi connectivity index (χ0n) is 49.9. The third-order valence-corrected chi connectivity index (χ3v) is 16.2. The molecular formula is C67H133NO5. The summed E-state index contributed by atoms with van der Waals surface area (Å²) >= 11 is 0. The van der Waals surface area contributed by atoms with Crippen LogP contribution >= 0.6 is 0 Å². The molecule has 73 heavy (non-hydrogen) atoms. The summed E-state index contributed by atoms with van der Waals surface area (Å²) in [6.07, 6.45) is 75.8. The number of rotatable bonds is 64. The van der Waals surface area contributed by atoms with Gasteiger partial charge in [0.15, 0.2) is 0 Å². The van der Waals surface area contributed by atoms with Crippen LogP contribution in [0.2, 0.25) is 0 Å². The van der Waals surface area contributed by atoms with Crippen molar-refractivity contribution in [3.63, 3.8) is 0 Å². The van der Waals surface area contributed by atoms with Crippen molar-refractivity contribution in [3.05, 3.63) is 0 Å². The summed E-state index contributed by atoms with van der Waals surface area (Å²) in [5, 5.41) is 23.2. The Bertz CT molecular complexity index is 1050. The first-order chi connectivity index (χ1) is 36.0. The molecule has 0 aromatic heterocycles. The third kappa shape index (κ3) is 60.0. The Morgan fingerprint density at radius 3 is 0.836 bits per heavy atom. The van der Waals surface area contributed by atoms with Crippen LogP contribution in [0.15, 0.2) is 0 Å². The van der Waals surface area contributed by atoms with Gasteiger partial charge in [0.05, 0.1) is 25.4 Å². The fraction of sp³-hybridized carbons (Fsp3) is 0.970. The smallest absolute Gasteiger partial charge is 0.305 e. The lowest BCUT2D eigenvalue weighted by Gasteiger charge is -2.22. The molecule has 2 unspecified atom stereocenters. The molecule has 0 heterocycles. The summed E-state index contributed by atoms with van der Waals surface area (Å²) in [5.74, 6) is -0.00558. The zero-order valence-corrected chi connectivity index (χ0v) is 49.9. The summed E-state index contributed by atoms with van der Waals surface area (Å²) in [6, 6.07) is -0.535. The highest BCUT2D eigenvalue weighted by molar-refractivity contribution is 5.76. The minimum Gasteiger partial charge on any atom is -0.466 e. The SMILES string of the molecule is CCCCCCCCCCCCCCC(=O)OCCCCCCCCCCCCCCCCCCCCCCCCCCCCCCCCCCC(=O)NC(CO)C(O)CCCCCCCCCCCCCC. The lowest BCUT2D eigenvalue weighted by Crippen LogP contribution is -2.45. The van der Waals surface area contributed by atoms with Crippen LogP contribution in [0.3, 0.4) is 0 Å². The maximum atomic E-state index is 12.5.